The molecule has 1 amide bonds. The number of aryl methyl sites for hydroxylation is 1. The summed E-state index contributed by atoms with van der Waals surface area (Å²) in [7, 11) is 1.63. The van der Waals surface area contributed by atoms with Crippen molar-refractivity contribution in [1.82, 2.24) is 10.3 Å². The Morgan fingerprint density at radius 2 is 2.20 bits per heavy atom. The Hall–Kier alpha value is -1.88. The molecule has 0 aliphatic rings. The van der Waals surface area contributed by atoms with Crippen LogP contribution in [0.2, 0.25) is 0 Å². The number of aromatic nitrogens is 1. The standard InChI is InChI=1S/C15H18N2O2S/c1-10(13-6-4-5-7-14(13)19-3)16-15(18)8-12-9-20-11(2)17-12/h4-7,9-10H,8H2,1-3H3,(H,16,18)/t10-/m1/s1. The predicted molar refractivity (Wildman–Crippen MR) is 80.1 cm³/mol. The molecule has 0 aliphatic heterocycles. The Morgan fingerprint density at radius 1 is 1.45 bits per heavy atom. The Kier molecular flexibility index (Phi) is 4.74. The summed E-state index contributed by atoms with van der Waals surface area (Å²) in [5.74, 6) is 0.749. The lowest BCUT2D eigenvalue weighted by atomic mass is 10.1. The number of benzene rings is 1. The lowest BCUT2D eigenvalue weighted by molar-refractivity contribution is -0.121. The number of hydrogen-bond donors (Lipinski definition) is 1. The summed E-state index contributed by atoms with van der Waals surface area (Å²) in [6.07, 6.45) is 0.309. The fraction of sp³-hybridized carbons (Fsp3) is 0.333. The number of rotatable bonds is 5. The SMILES string of the molecule is COc1ccccc1[C@@H](C)NC(=O)Cc1csc(C)n1. The van der Waals surface area contributed by atoms with Crippen LogP contribution in [-0.4, -0.2) is 18.0 Å². The maximum absolute atomic E-state index is 12.0. The zero-order valence-corrected chi connectivity index (χ0v) is 12.7. The van der Waals surface area contributed by atoms with Gasteiger partial charge < -0.3 is 10.1 Å². The van der Waals surface area contributed by atoms with E-state index in [-0.39, 0.29) is 11.9 Å². The Morgan fingerprint density at radius 3 is 2.85 bits per heavy atom. The van der Waals surface area contributed by atoms with Gasteiger partial charge in [-0.25, -0.2) is 4.98 Å². The van der Waals surface area contributed by atoms with Crippen molar-refractivity contribution in [2.45, 2.75) is 26.3 Å². The van der Waals surface area contributed by atoms with Gasteiger partial charge in [0.25, 0.3) is 0 Å². The molecule has 0 fully saturated rings. The summed E-state index contributed by atoms with van der Waals surface area (Å²) >= 11 is 1.56. The van der Waals surface area contributed by atoms with E-state index >= 15 is 0 Å². The summed E-state index contributed by atoms with van der Waals surface area (Å²) < 4.78 is 5.31. The Balaban J connectivity index is 2.00. The molecule has 4 nitrogen and oxygen atoms in total. The number of para-hydroxylation sites is 1. The maximum Gasteiger partial charge on any atom is 0.226 e. The van der Waals surface area contributed by atoms with E-state index in [9.17, 15) is 4.79 Å². The van der Waals surface area contributed by atoms with Crippen molar-refractivity contribution >= 4 is 17.2 Å². The second-order valence-electron chi connectivity index (χ2n) is 4.57. The van der Waals surface area contributed by atoms with Crippen molar-refractivity contribution in [2.24, 2.45) is 0 Å². The van der Waals surface area contributed by atoms with E-state index in [0.29, 0.717) is 6.42 Å². The topological polar surface area (TPSA) is 51.2 Å². The molecule has 106 valence electrons. The molecule has 0 saturated heterocycles. The van der Waals surface area contributed by atoms with Crippen LogP contribution in [-0.2, 0) is 11.2 Å². The van der Waals surface area contributed by atoms with Crippen LogP contribution in [0.3, 0.4) is 0 Å². The number of carbonyl (C=O) groups excluding carboxylic acids is 1. The van der Waals surface area contributed by atoms with Crippen LogP contribution in [0.15, 0.2) is 29.6 Å². The molecule has 2 rings (SSSR count). The quantitative estimate of drug-likeness (QED) is 0.921. The molecule has 0 spiro atoms. The molecule has 0 radical (unpaired) electrons. The van der Waals surface area contributed by atoms with Crippen molar-refractivity contribution in [3.63, 3.8) is 0 Å². The summed E-state index contributed by atoms with van der Waals surface area (Å²) in [5.41, 5.74) is 1.79. The van der Waals surface area contributed by atoms with Crippen molar-refractivity contribution in [2.75, 3.05) is 7.11 Å². The van der Waals surface area contributed by atoms with Crippen LogP contribution in [0.25, 0.3) is 0 Å². The minimum absolute atomic E-state index is 0.0336. The van der Waals surface area contributed by atoms with Gasteiger partial charge >= 0.3 is 0 Å². The van der Waals surface area contributed by atoms with Gasteiger partial charge in [-0.15, -0.1) is 11.3 Å². The summed E-state index contributed by atoms with van der Waals surface area (Å²) in [5, 5.41) is 5.87. The van der Waals surface area contributed by atoms with Crippen LogP contribution in [0.1, 0.15) is 29.2 Å². The molecule has 1 N–H and O–H groups in total. The van der Waals surface area contributed by atoms with Crippen LogP contribution < -0.4 is 10.1 Å². The number of nitrogens with one attached hydrogen (secondary N) is 1. The first-order chi connectivity index (χ1) is 9.60. The normalized spacial score (nSPS) is 11.9. The summed E-state index contributed by atoms with van der Waals surface area (Å²) in [6.45, 7) is 3.88. The number of thiazole rings is 1. The van der Waals surface area contributed by atoms with Gasteiger partial charge in [-0.05, 0) is 19.9 Å². The molecule has 0 bridgehead atoms. The highest BCUT2D eigenvalue weighted by Gasteiger charge is 2.14. The van der Waals surface area contributed by atoms with Crippen molar-refractivity contribution in [3.8, 4) is 5.75 Å². The van der Waals surface area contributed by atoms with Gasteiger partial charge in [0.1, 0.15) is 5.75 Å². The molecule has 1 heterocycles. The average molecular weight is 290 g/mol. The lowest BCUT2D eigenvalue weighted by Crippen LogP contribution is -2.28. The second kappa shape index (κ2) is 6.52. The molecule has 0 saturated carbocycles. The van der Waals surface area contributed by atoms with Crippen LogP contribution in [0.4, 0.5) is 0 Å². The smallest absolute Gasteiger partial charge is 0.226 e. The maximum atomic E-state index is 12.0. The molecule has 0 unspecified atom stereocenters. The van der Waals surface area contributed by atoms with Gasteiger partial charge in [0.2, 0.25) is 5.91 Å². The van der Waals surface area contributed by atoms with Gasteiger partial charge in [-0.3, -0.25) is 4.79 Å². The molecular formula is C15H18N2O2S. The molecule has 20 heavy (non-hydrogen) atoms. The van der Waals surface area contributed by atoms with Crippen molar-refractivity contribution < 1.29 is 9.53 Å². The minimum Gasteiger partial charge on any atom is -0.496 e. The minimum atomic E-state index is -0.0987. The van der Waals surface area contributed by atoms with E-state index in [1.54, 1.807) is 18.4 Å². The van der Waals surface area contributed by atoms with Gasteiger partial charge in [-0.1, -0.05) is 18.2 Å². The molecule has 5 heteroatoms. The highest BCUT2D eigenvalue weighted by atomic mass is 32.1. The van der Waals surface area contributed by atoms with E-state index in [1.165, 1.54) is 0 Å². The first-order valence-electron chi connectivity index (χ1n) is 6.43. The molecule has 2 aromatic rings. The van der Waals surface area contributed by atoms with Gasteiger partial charge in [-0.2, -0.15) is 0 Å². The number of carbonyl (C=O) groups is 1. The fourth-order valence-electron chi connectivity index (χ4n) is 2.05. The zero-order valence-electron chi connectivity index (χ0n) is 11.8. The Bertz CT molecular complexity index is 595. The van der Waals surface area contributed by atoms with Gasteiger partial charge in [0, 0.05) is 10.9 Å². The van der Waals surface area contributed by atoms with Crippen molar-refractivity contribution in [1.29, 1.82) is 0 Å². The number of nitrogens with zero attached hydrogens (tertiary/aromatic N) is 1. The highest BCUT2D eigenvalue weighted by molar-refractivity contribution is 7.09. The third-order valence-corrected chi connectivity index (χ3v) is 3.81. The van der Waals surface area contributed by atoms with E-state index < -0.39 is 0 Å². The van der Waals surface area contributed by atoms with Gasteiger partial charge in [0.05, 0.1) is 30.3 Å². The number of hydrogen-bond acceptors (Lipinski definition) is 4. The monoisotopic (exact) mass is 290 g/mol. The zero-order chi connectivity index (χ0) is 14.5. The van der Waals surface area contributed by atoms with Crippen LogP contribution in [0, 0.1) is 6.92 Å². The van der Waals surface area contributed by atoms with Gasteiger partial charge in [0.15, 0.2) is 0 Å². The Labute approximate surface area is 122 Å². The number of methoxy groups -OCH3 is 1. The molecule has 1 aromatic carbocycles. The van der Waals surface area contributed by atoms with Crippen molar-refractivity contribution in [3.05, 3.63) is 45.9 Å². The third-order valence-electron chi connectivity index (χ3n) is 2.99. The van der Waals surface area contributed by atoms with Crippen LogP contribution >= 0.6 is 11.3 Å². The van der Waals surface area contributed by atoms with E-state index in [1.807, 2.05) is 43.5 Å². The molecule has 1 aromatic heterocycles. The number of ether oxygens (including phenoxy) is 1. The van der Waals surface area contributed by atoms with E-state index in [0.717, 1.165) is 22.0 Å². The average Bonchev–Trinajstić information content (AvgIpc) is 2.83. The van der Waals surface area contributed by atoms with Crippen LogP contribution in [0.5, 0.6) is 5.75 Å². The number of amides is 1. The third kappa shape index (κ3) is 3.57. The predicted octanol–water partition coefficient (Wildman–Crippen LogP) is 2.88. The second-order valence-corrected chi connectivity index (χ2v) is 5.63. The molecule has 0 aliphatic carbocycles. The largest absolute Gasteiger partial charge is 0.496 e. The summed E-state index contributed by atoms with van der Waals surface area (Å²) in [4.78, 5) is 16.3. The highest BCUT2D eigenvalue weighted by Crippen LogP contribution is 2.24. The van der Waals surface area contributed by atoms with E-state index in [4.69, 9.17) is 4.74 Å². The molecule has 1 atom stereocenters. The molecular weight excluding hydrogens is 272 g/mol. The first-order valence-corrected chi connectivity index (χ1v) is 7.31. The summed E-state index contributed by atoms with van der Waals surface area (Å²) in [6, 6.07) is 7.59. The first kappa shape index (κ1) is 14.5. The van der Waals surface area contributed by atoms with E-state index in [2.05, 4.69) is 10.3 Å². The fourth-order valence-corrected chi connectivity index (χ4v) is 2.66. The lowest BCUT2D eigenvalue weighted by Gasteiger charge is -2.16.